The number of allylic oxidation sites excluding steroid dienone is 4. The third kappa shape index (κ3) is 6.18. The third-order valence-electron chi connectivity index (χ3n) is 7.09. The van der Waals surface area contributed by atoms with Gasteiger partial charge in [-0.15, -0.1) is 14.7 Å². The second kappa shape index (κ2) is 11.0. The molecule has 28 heavy (non-hydrogen) atoms. The number of hydrogen-bond acceptors (Lipinski definition) is 1. The van der Waals surface area contributed by atoms with Crippen LogP contribution in [-0.4, -0.2) is 19.5 Å². The highest BCUT2D eigenvalue weighted by atomic mass is 31.0. The smallest absolute Gasteiger partial charge is 0.193 e. The molecule has 0 radical (unpaired) electrons. The van der Waals surface area contributed by atoms with Crippen LogP contribution in [0.2, 0.25) is 5.82 Å². The van der Waals surface area contributed by atoms with Gasteiger partial charge in [0.25, 0.3) is 0 Å². The molecule has 0 aromatic carbocycles. The maximum Gasteiger partial charge on any atom is 0.193 e. The van der Waals surface area contributed by atoms with Gasteiger partial charge in [-0.1, -0.05) is 57.3 Å². The predicted octanol–water partition coefficient (Wildman–Crippen LogP) is 6.97. The molecule has 5 heteroatoms. The number of rotatable bonds is 5. The van der Waals surface area contributed by atoms with Crippen molar-refractivity contribution in [1.29, 1.82) is 0 Å². The third-order valence-corrected chi connectivity index (χ3v) is 7.76. The van der Waals surface area contributed by atoms with E-state index in [1.54, 1.807) is 0 Å². The van der Waals surface area contributed by atoms with Gasteiger partial charge >= 0.3 is 0 Å². The van der Waals surface area contributed by atoms with Crippen LogP contribution in [0.25, 0.3) is 0 Å². The summed E-state index contributed by atoms with van der Waals surface area (Å²) in [4.78, 5) is 0. The van der Waals surface area contributed by atoms with Gasteiger partial charge in [-0.25, -0.2) is 8.78 Å². The van der Waals surface area contributed by atoms with Crippen LogP contribution in [0, 0.1) is 11.8 Å². The van der Waals surface area contributed by atoms with E-state index in [2.05, 4.69) is 16.2 Å². The van der Waals surface area contributed by atoms with Crippen LogP contribution in [0.15, 0.2) is 35.0 Å². The average Bonchev–Trinajstić information content (AvgIpc) is 2.93. The van der Waals surface area contributed by atoms with Crippen molar-refractivity contribution in [2.45, 2.75) is 89.0 Å². The van der Waals surface area contributed by atoms with Crippen molar-refractivity contribution >= 4 is 16.5 Å². The quantitative estimate of drug-likeness (QED) is 0.271. The van der Waals surface area contributed by atoms with Gasteiger partial charge in [-0.3, -0.25) is 0 Å². The van der Waals surface area contributed by atoms with Gasteiger partial charge in [-0.05, 0) is 55.2 Å². The summed E-state index contributed by atoms with van der Waals surface area (Å²) in [5, 5.41) is 0. The Morgan fingerprint density at radius 1 is 1.04 bits per heavy atom. The van der Waals surface area contributed by atoms with Crippen LogP contribution < -0.4 is 0 Å². The van der Waals surface area contributed by atoms with Gasteiger partial charge in [0.1, 0.15) is 6.33 Å². The Labute approximate surface area is 172 Å². The zero-order valence-electron chi connectivity index (χ0n) is 17.4. The molecule has 156 valence electrons. The summed E-state index contributed by atoms with van der Waals surface area (Å²) in [6, 6.07) is 0. The van der Waals surface area contributed by atoms with Crippen LogP contribution in [0.3, 0.4) is 0 Å². The summed E-state index contributed by atoms with van der Waals surface area (Å²) in [5.41, 5.74) is 2.93. The first-order valence-corrected chi connectivity index (χ1v) is 12.0. The van der Waals surface area contributed by atoms with Crippen molar-refractivity contribution in [3.05, 3.63) is 35.0 Å². The molecule has 1 heterocycles. The van der Waals surface area contributed by atoms with Crippen LogP contribution in [0.5, 0.6) is 0 Å². The maximum absolute atomic E-state index is 13.7. The molecule has 3 aliphatic rings. The molecule has 3 unspecified atom stereocenters. The molecule has 0 spiro atoms. The second-order valence-corrected chi connectivity index (χ2v) is 10.2. The molecule has 2 aliphatic carbocycles. The maximum atomic E-state index is 13.7. The van der Waals surface area contributed by atoms with E-state index in [0.29, 0.717) is 6.61 Å². The first-order valence-electron chi connectivity index (χ1n) is 11.3. The van der Waals surface area contributed by atoms with E-state index in [1.165, 1.54) is 63.3 Å². The molecule has 0 aromatic rings. The van der Waals surface area contributed by atoms with Crippen molar-refractivity contribution < 1.29 is 13.5 Å². The lowest BCUT2D eigenvalue weighted by molar-refractivity contribution is 0.185. The molecule has 3 atom stereocenters. The van der Waals surface area contributed by atoms with Crippen molar-refractivity contribution in [2.75, 3.05) is 6.61 Å². The fourth-order valence-corrected chi connectivity index (χ4v) is 5.99. The van der Waals surface area contributed by atoms with E-state index in [4.69, 9.17) is 4.74 Å². The van der Waals surface area contributed by atoms with E-state index in [9.17, 15) is 8.78 Å². The highest BCUT2D eigenvalue weighted by molar-refractivity contribution is 7.17. The molecule has 1 aliphatic heterocycles. The molecule has 0 N–H and O–H groups in total. The Hall–Kier alpha value is -0.625. The zero-order chi connectivity index (χ0) is 19.9. The summed E-state index contributed by atoms with van der Waals surface area (Å²) < 4.78 is 31.7. The summed E-state index contributed by atoms with van der Waals surface area (Å²) in [7, 11) is 4.11. The van der Waals surface area contributed by atoms with E-state index in [-0.39, 0.29) is 12.1 Å². The first kappa shape index (κ1) is 22.1. The van der Waals surface area contributed by atoms with Crippen molar-refractivity contribution in [1.82, 2.24) is 0 Å². The topological polar surface area (TPSA) is 9.23 Å². The summed E-state index contributed by atoms with van der Waals surface area (Å²) in [6.07, 6.45) is 16.1. The normalized spacial score (nSPS) is 33.3. The van der Waals surface area contributed by atoms with E-state index >= 15 is 0 Å². The highest BCUT2D eigenvalue weighted by Crippen LogP contribution is 2.42. The lowest BCUT2D eigenvalue weighted by Gasteiger charge is -2.33. The second-order valence-electron chi connectivity index (χ2n) is 9.27. The Kier molecular flexibility index (Phi) is 8.63. The molecule has 0 saturated heterocycles. The van der Waals surface area contributed by atoms with Gasteiger partial charge in [0.15, 0.2) is 18.9 Å². The number of halogens is 2. The fraction of sp³-hybridized carbons (Fsp3) is 0.739. The number of ether oxygens (including phenoxy) is 1. The van der Waals surface area contributed by atoms with E-state index in [0.717, 1.165) is 49.0 Å². The minimum absolute atomic E-state index is 0.0119. The summed E-state index contributed by atoms with van der Waals surface area (Å²) >= 11 is 0. The SMILES string of the molecule is C/C(BC1CCC(C2CCCC(P)CC2)CC1)=C\C1=C(C(/F)=C/F)OCCC1. The minimum Gasteiger partial charge on any atom is -0.490 e. The van der Waals surface area contributed by atoms with E-state index < -0.39 is 5.83 Å². The fourth-order valence-electron chi connectivity index (χ4n) is 5.56. The standard InChI is InChI=1S/C23H36BF2OP/c1-16(14-19-5-3-13-27-23(19)22(26)15-25)24-20-10-7-18(8-11-20)17-4-2-6-21(28)12-9-17/h14-15,17-18,20-21,24H,2-13,28H2,1H3/b16-14+,22-15-. The summed E-state index contributed by atoms with van der Waals surface area (Å²) in [5.74, 6) is 1.85. The highest BCUT2D eigenvalue weighted by Gasteiger charge is 2.29. The van der Waals surface area contributed by atoms with Gasteiger partial charge in [0, 0.05) is 0 Å². The summed E-state index contributed by atoms with van der Waals surface area (Å²) in [6.45, 7) is 2.60. The lowest BCUT2D eigenvalue weighted by Crippen LogP contribution is -2.22. The molecule has 2 fully saturated rings. The molecule has 0 bridgehead atoms. The van der Waals surface area contributed by atoms with Gasteiger partial charge < -0.3 is 4.74 Å². The Morgan fingerprint density at radius 3 is 2.50 bits per heavy atom. The van der Waals surface area contributed by atoms with Gasteiger partial charge in [0.05, 0.1) is 6.61 Å². The molecular formula is C23H36BF2OP. The van der Waals surface area contributed by atoms with Crippen LogP contribution in [-0.2, 0) is 4.74 Å². The van der Waals surface area contributed by atoms with Gasteiger partial charge in [-0.2, -0.15) is 0 Å². The first-order chi connectivity index (χ1) is 13.6. The molecular weight excluding hydrogens is 372 g/mol. The van der Waals surface area contributed by atoms with Crippen molar-refractivity contribution in [3.63, 3.8) is 0 Å². The zero-order valence-corrected chi connectivity index (χ0v) is 18.6. The monoisotopic (exact) mass is 408 g/mol. The van der Waals surface area contributed by atoms with E-state index in [1.807, 2.05) is 6.08 Å². The molecule has 0 aromatic heterocycles. The Balaban J connectivity index is 1.52. The van der Waals surface area contributed by atoms with Crippen molar-refractivity contribution in [2.24, 2.45) is 11.8 Å². The Bertz CT molecular complexity index is 608. The average molecular weight is 408 g/mol. The predicted molar refractivity (Wildman–Crippen MR) is 119 cm³/mol. The minimum atomic E-state index is -0.879. The van der Waals surface area contributed by atoms with Crippen LogP contribution in [0.4, 0.5) is 8.78 Å². The molecule has 0 amide bonds. The van der Waals surface area contributed by atoms with Crippen LogP contribution in [0.1, 0.15) is 77.6 Å². The van der Waals surface area contributed by atoms with Crippen LogP contribution >= 0.6 is 9.24 Å². The van der Waals surface area contributed by atoms with Gasteiger partial charge in [0.2, 0.25) is 0 Å². The molecule has 3 rings (SSSR count). The lowest BCUT2D eigenvalue weighted by atomic mass is 9.53. The van der Waals surface area contributed by atoms with Crippen molar-refractivity contribution in [3.8, 4) is 0 Å². The Morgan fingerprint density at radius 2 is 1.75 bits per heavy atom. The molecule has 2 saturated carbocycles. The number of hydrogen-bond donors (Lipinski definition) is 0. The largest absolute Gasteiger partial charge is 0.490 e. The molecule has 1 nitrogen and oxygen atoms in total.